The van der Waals surface area contributed by atoms with Crippen LogP contribution in [0.3, 0.4) is 0 Å². The lowest BCUT2D eigenvalue weighted by Crippen LogP contribution is -2.14. The zero-order chi connectivity index (χ0) is 9.68. The van der Waals surface area contributed by atoms with Crippen molar-refractivity contribution in [1.82, 2.24) is 4.98 Å². The van der Waals surface area contributed by atoms with Crippen LogP contribution in [0.5, 0.6) is 0 Å². The second-order valence-corrected chi connectivity index (χ2v) is 3.20. The highest BCUT2D eigenvalue weighted by Crippen LogP contribution is 2.10. The Balaban J connectivity index is 2.63. The smallest absolute Gasteiger partial charge is 0.234 e. The minimum atomic E-state index is -0.517. The molecule has 1 amide bonds. The Hall–Kier alpha value is -1.10. The number of halogens is 1. The van der Waals surface area contributed by atoms with Gasteiger partial charge >= 0.3 is 0 Å². The molecule has 0 aliphatic rings. The predicted molar refractivity (Wildman–Crippen MR) is 51.2 cm³/mol. The first-order chi connectivity index (χ1) is 6.24. The van der Waals surface area contributed by atoms with E-state index in [0.717, 1.165) is 6.20 Å². The zero-order valence-corrected chi connectivity index (χ0v) is 7.90. The number of rotatable bonds is 3. The lowest BCUT2D eigenvalue weighted by molar-refractivity contribution is -0.113. The number of nitrogens with zero attached hydrogens (tertiary/aromatic N) is 1. The van der Waals surface area contributed by atoms with Gasteiger partial charge in [-0.05, 0) is 12.3 Å². The van der Waals surface area contributed by atoms with Crippen LogP contribution in [0, 0.1) is 5.82 Å². The Kier molecular flexibility index (Phi) is 3.70. The van der Waals surface area contributed by atoms with E-state index < -0.39 is 5.82 Å². The number of thioether (sulfide) groups is 1. The topological polar surface area (TPSA) is 42.0 Å². The number of hydrogen-bond donors (Lipinski definition) is 1. The molecule has 13 heavy (non-hydrogen) atoms. The second kappa shape index (κ2) is 4.81. The average molecular weight is 200 g/mol. The first-order valence-corrected chi connectivity index (χ1v) is 5.01. The van der Waals surface area contributed by atoms with E-state index >= 15 is 0 Å². The molecule has 0 saturated carbocycles. The zero-order valence-electron chi connectivity index (χ0n) is 7.08. The highest BCUT2D eigenvalue weighted by molar-refractivity contribution is 7.99. The van der Waals surface area contributed by atoms with E-state index in [2.05, 4.69) is 10.3 Å². The highest BCUT2D eigenvalue weighted by atomic mass is 32.2. The lowest BCUT2D eigenvalue weighted by atomic mass is 10.4. The van der Waals surface area contributed by atoms with Gasteiger partial charge in [-0.1, -0.05) is 0 Å². The van der Waals surface area contributed by atoms with Crippen molar-refractivity contribution in [2.45, 2.75) is 0 Å². The molecule has 1 aromatic heterocycles. The summed E-state index contributed by atoms with van der Waals surface area (Å²) in [5, 5.41) is 2.44. The van der Waals surface area contributed by atoms with E-state index in [-0.39, 0.29) is 11.6 Å². The summed E-state index contributed by atoms with van der Waals surface area (Å²) in [6.45, 7) is 0. The van der Waals surface area contributed by atoms with Gasteiger partial charge in [-0.25, -0.2) is 4.39 Å². The molecule has 0 fully saturated rings. The standard InChI is InChI=1S/C8H9FN2OS/c1-13-5-8(12)11-7-2-3-10-4-6(7)9/h2-4H,5H2,1H3,(H,10,11,12). The third-order valence-electron chi connectivity index (χ3n) is 1.32. The van der Waals surface area contributed by atoms with Crippen LogP contribution in [-0.4, -0.2) is 22.9 Å². The Morgan fingerprint density at radius 3 is 3.15 bits per heavy atom. The molecule has 0 atom stereocenters. The molecule has 0 unspecified atom stereocenters. The fourth-order valence-corrected chi connectivity index (χ4v) is 1.13. The predicted octanol–water partition coefficient (Wildman–Crippen LogP) is 1.52. The number of nitrogens with one attached hydrogen (secondary N) is 1. The van der Waals surface area contributed by atoms with Gasteiger partial charge < -0.3 is 5.32 Å². The number of pyridine rings is 1. The van der Waals surface area contributed by atoms with Crippen LogP contribution in [0.1, 0.15) is 0 Å². The first kappa shape index (κ1) is 9.98. The fourth-order valence-electron chi connectivity index (χ4n) is 0.794. The fraction of sp³-hybridized carbons (Fsp3) is 0.250. The maximum absolute atomic E-state index is 12.9. The molecule has 0 spiro atoms. The van der Waals surface area contributed by atoms with Crippen LogP contribution in [0.15, 0.2) is 18.5 Å². The number of anilines is 1. The van der Waals surface area contributed by atoms with Gasteiger partial charge in [0, 0.05) is 6.20 Å². The molecule has 1 rings (SSSR count). The number of aromatic nitrogens is 1. The van der Waals surface area contributed by atoms with Gasteiger partial charge in [-0.3, -0.25) is 9.78 Å². The van der Waals surface area contributed by atoms with Crippen LogP contribution < -0.4 is 5.32 Å². The van der Waals surface area contributed by atoms with E-state index in [1.54, 1.807) is 0 Å². The van der Waals surface area contributed by atoms with Crippen LogP contribution in [-0.2, 0) is 4.79 Å². The molecular formula is C8H9FN2OS. The van der Waals surface area contributed by atoms with Crippen molar-refractivity contribution in [3.05, 3.63) is 24.3 Å². The van der Waals surface area contributed by atoms with Gasteiger partial charge in [0.15, 0.2) is 5.82 Å². The quantitative estimate of drug-likeness (QED) is 0.804. The Labute approximate surface area is 79.7 Å². The third kappa shape index (κ3) is 3.02. The molecule has 5 heteroatoms. The second-order valence-electron chi connectivity index (χ2n) is 2.34. The summed E-state index contributed by atoms with van der Waals surface area (Å²) < 4.78 is 12.9. The van der Waals surface area contributed by atoms with Crippen molar-refractivity contribution in [3.8, 4) is 0 Å². The van der Waals surface area contributed by atoms with Crippen molar-refractivity contribution in [3.63, 3.8) is 0 Å². The molecular weight excluding hydrogens is 191 g/mol. The summed E-state index contributed by atoms with van der Waals surface area (Å²) in [6, 6.07) is 1.42. The molecule has 0 saturated heterocycles. The van der Waals surface area contributed by atoms with Crippen molar-refractivity contribution < 1.29 is 9.18 Å². The SMILES string of the molecule is CSCC(=O)Nc1ccncc1F. The van der Waals surface area contributed by atoms with Crippen molar-refractivity contribution in [1.29, 1.82) is 0 Å². The molecule has 0 bridgehead atoms. The largest absolute Gasteiger partial charge is 0.323 e. The summed E-state index contributed by atoms with van der Waals surface area (Å²) in [7, 11) is 0. The number of carbonyl (C=O) groups is 1. The Morgan fingerprint density at radius 1 is 1.77 bits per heavy atom. The summed E-state index contributed by atoms with van der Waals surface area (Å²) in [4.78, 5) is 14.6. The van der Waals surface area contributed by atoms with Gasteiger partial charge in [0.1, 0.15) is 0 Å². The summed E-state index contributed by atoms with van der Waals surface area (Å²) in [5.41, 5.74) is 0.175. The van der Waals surface area contributed by atoms with Crippen LogP contribution >= 0.6 is 11.8 Å². The van der Waals surface area contributed by atoms with Gasteiger partial charge in [-0.15, -0.1) is 0 Å². The van der Waals surface area contributed by atoms with Crippen molar-refractivity contribution in [2.75, 3.05) is 17.3 Å². The summed E-state index contributed by atoms with van der Waals surface area (Å²) in [6.07, 6.45) is 4.30. The molecule has 3 nitrogen and oxygen atoms in total. The molecule has 0 aliphatic heterocycles. The Bertz CT molecular complexity index is 306. The molecule has 0 aromatic carbocycles. The van der Waals surface area contributed by atoms with E-state index in [4.69, 9.17) is 0 Å². The number of amides is 1. The summed E-state index contributed by atoms with van der Waals surface area (Å²) in [5.74, 6) is -0.406. The van der Waals surface area contributed by atoms with Gasteiger partial charge in [-0.2, -0.15) is 11.8 Å². The Morgan fingerprint density at radius 2 is 2.54 bits per heavy atom. The normalized spacial score (nSPS) is 9.69. The van der Waals surface area contributed by atoms with Gasteiger partial charge in [0.2, 0.25) is 5.91 Å². The van der Waals surface area contributed by atoms with Crippen LogP contribution in [0.4, 0.5) is 10.1 Å². The highest BCUT2D eigenvalue weighted by Gasteiger charge is 2.04. The van der Waals surface area contributed by atoms with Crippen molar-refractivity contribution >= 4 is 23.4 Å². The van der Waals surface area contributed by atoms with Crippen LogP contribution in [0.2, 0.25) is 0 Å². The molecule has 70 valence electrons. The van der Waals surface area contributed by atoms with E-state index in [0.29, 0.717) is 5.75 Å². The molecule has 0 aliphatic carbocycles. The molecule has 1 N–H and O–H groups in total. The van der Waals surface area contributed by atoms with Crippen LogP contribution in [0.25, 0.3) is 0 Å². The number of hydrogen-bond acceptors (Lipinski definition) is 3. The number of carbonyl (C=O) groups excluding carboxylic acids is 1. The first-order valence-electron chi connectivity index (χ1n) is 3.62. The minimum absolute atomic E-state index is 0.175. The molecule has 1 aromatic rings. The summed E-state index contributed by atoms with van der Waals surface area (Å²) >= 11 is 1.38. The maximum atomic E-state index is 12.9. The molecule has 1 heterocycles. The van der Waals surface area contributed by atoms with E-state index in [9.17, 15) is 9.18 Å². The third-order valence-corrected chi connectivity index (χ3v) is 1.87. The van der Waals surface area contributed by atoms with Gasteiger partial charge in [0.25, 0.3) is 0 Å². The maximum Gasteiger partial charge on any atom is 0.234 e. The molecule has 0 radical (unpaired) electrons. The monoisotopic (exact) mass is 200 g/mol. The van der Waals surface area contributed by atoms with E-state index in [1.165, 1.54) is 24.0 Å². The van der Waals surface area contributed by atoms with E-state index in [1.807, 2.05) is 6.26 Å². The van der Waals surface area contributed by atoms with Gasteiger partial charge in [0.05, 0.1) is 17.6 Å². The lowest BCUT2D eigenvalue weighted by Gasteiger charge is -2.03. The average Bonchev–Trinajstić information content (AvgIpc) is 2.09. The van der Waals surface area contributed by atoms with Crippen molar-refractivity contribution in [2.24, 2.45) is 0 Å². The minimum Gasteiger partial charge on any atom is -0.323 e.